The van der Waals surface area contributed by atoms with Crippen LogP contribution in [-0.4, -0.2) is 12.1 Å². The van der Waals surface area contributed by atoms with Crippen molar-refractivity contribution in [3.63, 3.8) is 0 Å². The Kier molecular flexibility index (Phi) is 3.87. The van der Waals surface area contributed by atoms with Crippen LogP contribution in [0.15, 0.2) is 28.7 Å². The molecule has 1 aromatic carbocycles. The molecule has 1 saturated carbocycles. The van der Waals surface area contributed by atoms with E-state index in [1.807, 2.05) is 24.3 Å². The molecule has 0 bridgehead atoms. The van der Waals surface area contributed by atoms with Gasteiger partial charge in [0.2, 0.25) is 0 Å². The van der Waals surface area contributed by atoms with Crippen molar-refractivity contribution in [2.45, 2.75) is 37.7 Å². The second-order valence-corrected chi connectivity index (χ2v) is 5.42. The number of rotatable bonds is 3. The smallest absolute Gasteiger partial charge is 0.121 e. The predicted octanol–water partition coefficient (Wildman–Crippen LogP) is 3.49. The Balaban J connectivity index is 2.11. The summed E-state index contributed by atoms with van der Waals surface area (Å²) in [6.07, 6.45) is 5.92. The molecule has 0 saturated heterocycles. The monoisotopic (exact) mass is 283 g/mol. The molecule has 1 aromatic rings. The van der Waals surface area contributed by atoms with E-state index < -0.39 is 0 Å². The van der Waals surface area contributed by atoms with Crippen LogP contribution in [0.5, 0.6) is 5.75 Å². The molecule has 0 unspecified atom stereocenters. The van der Waals surface area contributed by atoms with Crippen LogP contribution in [-0.2, 0) is 0 Å². The lowest BCUT2D eigenvalue weighted by Crippen LogP contribution is -2.45. The summed E-state index contributed by atoms with van der Waals surface area (Å²) < 4.78 is 7.17. The third-order valence-corrected chi connectivity index (χ3v) is 3.76. The molecule has 0 spiro atoms. The fraction of sp³-hybridized carbons (Fsp3) is 0.538. The number of benzene rings is 1. The minimum atomic E-state index is -0.126. The summed E-state index contributed by atoms with van der Waals surface area (Å²) in [5.41, 5.74) is 5.76. The van der Waals surface area contributed by atoms with Gasteiger partial charge >= 0.3 is 0 Å². The first kappa shape index (κ1) is 11.9. The van der Waals surface area contributed by atoms with Gasteiger partial charge in [-0.15, -0.1) is 0 Å². The van der Waals surface area contributed by atoms with Gasteiger partial charge in [0.25, 0.3) is 0 Å². The molecule has 2 nitrogen and oxygen atoms in total. The fourth-order valence-electron chi connectivity index (χ4n) is 2.32. The van der Waals surface area contributed by atoms with E-state index in [0.29, 0.717) is 6.54 Å². The van der Waals surface area contributed by atoms with E-state index >= 15 is 0 Å². The minimum absolute atomic E-state index is 0.126. The first-order valence-corrected chi connectivity index (χ1v) is 6.68. The highest BCUT2D eigenvalue weighted by molar-refractivity contribution is 9.10. The molecule has 16 heavy (non-hydrogen) atoms. The van der Waals surface area contributed by atoms with Crippen molar-refractivity contribution >= 4 is 15.9 Å². The number of nitrogens with two attached hydrogens (primary N) is 1. The van der Waals surface area contributed by atoms with Gasteiger partial charge in [-0.05, 0) is 43.9 Å². The van der Waals surface area contributed by atoms with Crippen LogP contribution in [0, 0.1) is 0 Å². The first-order valence-electron chi connectivity index (χ1n) is 5.89. The molecule has 3 heteroatoms. The second kappa shape index (κ2) is 5.19. The molecule has 2 rings (SSSR count). The number of ether oxygens (including phenoxy) is 1. The van der Waals surface area contributed by atoms with Gasteiger partial charge in [-0.1, -0.05) is 28.4 Å². The maximum atomic E-state index is 6.12. The Bertz CT molecular complexity index is 348. The largest absolute Gasteiger partial charge is 0.486 e. The molecule has 2 N–H and O–H groups in total. The summed E-state index contributed by atoms with van der Waals surface area (Å²) >= 11 is 3.46. The number of hydrogen-bond donors (Lipinski definition) is 1. The molecule has 0 heterocycles. The quantitative estimate of drug-likeness (QED) is 0.922. The zero-order chi connectivity index (χ0) is 11.4. The topological polar surface area (TPSA) is 35.2 Å². The molecule has 1 aliphatic carbocycles. The molecule has 0 aliphatic heterocycles. The molecule has 88 valence electrons. The van der Waals surface area contributed by atoms with Crippen molar-refractivity contribution in [3.8, 4) is 5.75 Å². The van der Waals surface area contributed by atoms with Crippen LogP contribution >= 0.6 is 15.9 Å². The number of hydrogen-bond acceptors (Lipinski definition) is 2. The Morgan fingerprint density at radius 3 is 2.62 bits per heavy atom. The Labute approximate surface area is 105 Å². The van der Waals surface area contributed by atoms with Crippen molar-refractivity contribution in [1.29, 1.82) is 0 Å². The molecule has 1 aliphatic rings. The maximum Gasteiger partial charge on any atom is 0.121 e. The van der Waals surface area contributed by atoms with Crippen molar-refractivity contribution in [2.75, 3.05) is 6.54 Å². The highest BCUT2D eigenvalue weighted by Crippen LogP contribution is 2.33. The normalized spacial score (nSPS) is 19.4. The van der Waals surface area contributed by atoms with E-state index in [2.05, 4.69) is 15.9 Å². The lowest BCUT2D eigenvalue weighted by atomic mass is 9.84. The van der Waals surface area contributed by atoms with Crippen molar-refractivity contribution in [3.05, 3.63) is 28.7 Å². The van der Waals surface area contributed by atoms with E-state index in [1.165, 1.54) is 19.3 Å². The lowest BCUT2D eigenvalue weighted by molar-refractivity contribution is 0.0386. The van der Waals surface area contributed by atoms with Crippen molar-refractivity contribution < 1.29 is 4.74 Å². The molecule has 0 amide bonds. The molecule has 0 radical (unpaired) electrons. The molecular formula is C13H18BrNO. The zero-order valence-corrected chi connectivity index (χ0v) is 11.0. The van der Waals surface area contributed by atoms with Crippen LogP contribution in [0.25, 0.3) is 0 Å². The highest BCUT2D eigenvalue weighted by atomic mass is 79.9. The predicted molar refractivity (Wildman–Crippen MR) is 69.6 cm³/mol. The van der Waals surface area contributed by atoms with E-state index in [0.717, 1.165) is 23.1 Å². The third-order valence-electron chi connectivity index (χ3n) is 3.27. The second-order valence-electron chi connectivity index (χ2n) is 4.51. The molecular weight excluding hydrogens is 266 g/mol. The summed E-state index contributed by atoms with van der Waals surface area (Å²) in [6, 6.07) is 8.00. The van der Waals surface area contributed by atoms with Gasteiger partial charge in [-0.25, -0.2) is 0 Å². The lowest BCUT2D eigenvalue weighted by Gasteiger charge is -2.36. The fourth-order valence-corrected chi connectivity index (χ4v) is 2.70. The molecule has 1 fully saturated rings. The van der Waals surface area contributed by atoms with Gasteiger partial charge in [0.15, 0.2) is 0 Å². The van der Waals surface area contributed by atoms with Crippen molar-refractivity contribution in [1.82, 2.24) is 0 Å². The molecule has 0 aromatic heterocycles. The Morgan fingerprint density at radius 2 is 2.00 bits per heavy atom. The van der Waals surface area contributed by atoms with Crippen molar-refractivity contribution in [2.24, 2.45) is 5.73 Å². The van der Waals surface area contributed by atoms with Crippen LogP contribution < -0.4 is 10.5 Å². The van der Waals surface area contributed by atoms with E-state index in [9.17, 15) is 0 Å². The SMILES string of the molecule is NCC1(Oc2cccc(Br)c2)CCCCC1. The Hall–Kier alpha value is -0.540. The summed E-state index contributed by atoms with van der Waals surface area (Å²) in [5.74, 6) is 0.918. The standard InChI is InChI=1S/C13H18BrNO/c14-11-5-4-6-12(9-11)16-13(10-15)7-2-1-3-8-13/h4-6,9H,1-3,7-8,10,15H2. The average molecular weight is 284 g/mol. The zero-order valence-electron chi connectivity index (χ0n) is 9.42. The van der Waals surface area contributed by atoms with E-state index in [-0.39, 0.29) is 5.60 Å². The average Bonchev–Trinajstić information content (AvgIpc) is 2.30. The van der Waals surface area contributed by atoms with Gasteiger partial charge in [0.1, 0.15) is 11.4 Å². The van der Waals surface area contributed by atoms with Crippen LogP contribution in [0.4, 0.5) is 0 Å². The van der Waals surface area contributed by atoms with Gasteiger partial charge in [-0.3, -0.25) is 0 Å². The Morgan fingerprint density at radius 1 is 1.25 bits per heavy atom. The van der Waals surface area contributed by atoms with Crippen LogP contribution in [0.2, 0.25) is 0 Å². The first-order chi connectivity index (χ1) is 7.74. The van der Waals surface area contributed by atoms with Crippen LogP contribution in [0.3, 0.4) is 0 Å². The third kappa shape index (κ3) is 2.77. The van der Waals surface area contributed by atoms with Crippen LogP contribution in [0.1, 0.15) is 32.1 Å². The molecule has 0 atom stereocenters. The van der Waals surface area contributed by atoms with Gasteiger partial charge in [0.05, 0.1) is 0 Å². The van der Waals surface area contributed by atoms with Gasteiger partial charge in [-0.2, -0.15) is 0 Å². The van der Waals surface area contributed by atoms with Gasteiger partial charge in [0, 0.05) is 11.0 Å². The minimum Gasteiger partial charge on any atom is -0.486 e. The summed E-state index contributed by atoms with van der Waals surface area (Å²) in [4.78, 5) is 0. The summed E-state index contributed by atoms with van der Waals surface area (Å²) in [6.45, 7) is 0.611. The summed E-state index contributed by atoms with van der Waals surface area (Å²) in [7, 11) is 0. The van der Waals surface area contributed by atoms with Gasteiger partial charge < -0.3 is 10.5 Å². The highest BCUT2D eigenvalue weighted by Gasteiger charge is 2.32. The maximum absolute atomic E-state index is 6.12. The summed E-state index contributed by atoms with van der Waals surface area (Å²) in [5, 5.41) is 0. The van der Waals surface area contributed by atoms with E-state index in [4.69, 9.17) is 10.5 Å². The van der Waals surface area contributed by atoms with E-state index in [1.54, 1.807) is 0 Å². The number of halogens is 1.